The van der Waals surface area contributed by atoms with Crippen LogP contribution in [0, 0.1) is 6.92 Å². The molecule has 0 atom stereocenters. The summed E-state index contributed by atoms with van der Waals surface area (Å²) in [6.45, 7) is 4.34. The molecule has 2 heterocycles. The highest BCUT2D eigenvalue weighted by Gasteiger charge is 2.17. The van der Waals surface area contributed by atoms with E-state index >= 15 is 0 Å². The molecule has 0 aromatic carbocycles. The molecule has 2 aliphatic rings. The van der Waals surface area contributed by atoms with E-state index < -0.39 is 0 Å². The van der Waals surface area contributed by atoms with Crippen molar-refractivity contribution in [2.45, 2.75) is 57.9 Å². The molecule has 0 unspecified atom stereocenters. The zero-order valence-electron chi connectivity index (χ0n) is 11.8. The predicted molar refractivity (Wildman–Crippen MR) is 77.5 cm³/mol. The minimum atomic E-state index is 0.532. The Balaban J connectivity index is 1.78. The van der Waals surface area contributed by atoms with Gasteiger partial charge in [0.05, 0.1) is 0 Å². The molecule has 1 saturated heterocycles. The summed E-state index contributed by atoms with van der Waals surface area (Å²) in [6.07, 6.45) is 8.51. The van der Waals surface area contributed by atoms with Gasteiger partial charge in [0.25, 0.3) is 0 Å². The van der Waals surface area contributed by atoms with Crippen LogP contribution in [0.4, 0.5) is 5.95 Å². The summed E-state index contributed by atoms with van der Waals surface area (Å²) in [5.74, 6) is 0.852. The summed E-state index contributed by atoms with van der Waals surface area (Å²) >= 11 is 0. The quantitative estimate of drug-likeness (QED) is 0.801. The van der Waals surface area contributed by atoms with Gasteiger partial charge in [-0.2, -0.15) is 0 Å². The minimum absolute atomic E-state index is 0.532. The maximum absolute atomic E-state index is 4.79. The van der Waals surface area contributed by atoms with Crippen molar-refractivity contribution in [3.8, 4) is 0 Å². The minimum Gasteiger partial charge on any atom is -0.351 e. The Morgan fingerprint density at radius 1 is 1.05 bits per heavy atom. The van der Waals surface area contributed by atoms with Gasteiger partial charge < -0.3 is 10.6 Å². The molecule has 19 heavy (non-hydrogen) atoms. The van der Waals surface area contributed by atoms with Crippen LogP contribution in [0.5, 0.6) is 0 Å². The first-order valence-electron chi connectivity index (χ1n) is 7.66. The average Bonchev–Trinajstić information content (AvgIpc) is 2.65. The zero-order chi connectivity index (χ0) is 13.1. The fourth-order valence-electron chi connectivity index (χ4n) is 3.17. The maximum Gasteiger partial charge on any atom is 0.223 e. The van der Waals surface area contributed by atoms with Crippen molar-refractivity contribution in [3.05, 3.63) is 17.0 Å². The normalized spacial score (nSPS) is 20.7. The molecule has 0 spiro atoms. The lowest BCUT2D eigenvalue weighted by atomic mass is 10.1. The second-order valence-corrected chi connectivity index (χ2v) is 5.79. The number of piperidine rings is 1. The molecule has 4 nitrogen and oxygen atoms in total. The van der Waals surface area contributed by atoms with Gasteiger partial charge >= 0.3 is 0 Å². The third-order valence-corrected chi connectivity index (χ3v) is 4.31. The highest BCUT2D eigenvalue weighted by Crippen LogP contribution is 2.23. The molecule has 4 heteroatoms. The van der Waals surface area contributed by atoms with Crippen molar-refractivity contribution in [2.75, 3.05) is 18.4 Å². The number of aromatic nitrogens is 2. The summed E-state index contributed by atoms with van der Waals surface area (Å²) in [5.41, 5.74) is 3.89. The van der Waals surface area contributed by atoms with E-state index in [-0.39, 0.29) is 0 Å². The molecular weight excluding hydrogens is 236 g/mol. The Hall–Kier alpha value is -1.16. The molecule has 0 amide bonds. The molecule has 1 aliphatic carbocycles. The molecule has 1 aromatic heterocycles. The van der Waals surface area contributed by atoms with Crippen LogP contribution in [0.15, 0.2) is 0 Å². The number of nitrogens with one attached hydrogen (secondary N) is 2. The van der Waals surface area contributed by atoms with E-state index in [0.29, 0.717) is 6.04 Å². The van der Waals surface area contributed by atoms with Crippen molar-refractivity contribution in [3.63, 3.8) is 0 Å². The number of rotatable bonds is 2. The molecule has 2 N–H and O–H groups in total. The number of fused-ring (bicyclic) bond motifs is 1. The molecule has 1 aliphatic heterocycles. The first kappa shape index (κ1) is 12.9. The highest BCUT2D eigenvalue weighted by atomic mass is 15.1. The molecule has 0 saturated carbocycles. The number of aryl methyl sites for hydroxylation is 2. The van der Waals surface area contributed by atoms with E-state index in [0.717, 1.165) is 31.9 Å². The molecule has 3 rings (SSSR count). The molecule has 1 aromatic rings. The predicted octanol–water partition coefficient (Wildman–Crippen LogP) is 2.22. The summed E-state index contributed by atoms with van der Waals surface area (Å²) in [5, 5.41) is 6.92. The lowest BCUT2D eigenvalue weighted by molar-refractivity contribution is 0.477. The van der Waals surface area contributed by atoms with Gasteiger partial charge in [0.2, 0.25) is 5.95 Å². The SMILES string of the molecule is Cc1nc(NC2CCNCC2)nc2c1CCCCC2. The number of hydrogen-bond acceptors (Lipinski definition) is 4. The lowest BCUT2D eigenvalue weighted by Crippen LogP contribution is -2.35. The van der Waals surface area contributed by atoms with Gasteiger partial charge in [-0.25, -0.2) is 9.97 Å². The standard InChI is InChI=1S/C15H24N4/c1-11-13-5-3-2-4-6-14(13)19-15(17-11)18-12-7-9-16-10-8-12/h12,16H,2-10H2,1H3,(H,17,18,19). The van der Waals surface area contributed by atoms with Gasteiger partial charge in [0.15, 0.2) is 0 Å². The van der Waals surface area contributed by atoms with E-state index in [2.05, 4.69) is 22.5 Å². The first-order valence-corrected chi connectivity index (χ1v) is 7.66. The Morgan fingerprint density at radius 3 is 2.68 bits per heavy atom. The molecule has 0 bridgehead atoms. The van der Waals surface area contributed by atoms with Crippen LogP contribution in [0.1, 0.15) is 49.1 Å². The molecule has 104 valence electrons. The summed E-state index contributed by atoms with van der Waals surface area (Å²) in [4.78, 5) is 9.47. The van der Waals surface area contributed by atoms with Crippen LogP contribution in [0.25, 0.3) is 0 Å². The first-order chi connectivity index (χ1) is 9.33. The van der Waals surface area contributed by atoms with Gasteiger partial charge in [-0.1, -0.05) is 6.42 Å². The van der Waals surface area contributed by atoms with Gasteiger partial charge in [-0.15, -0.1) is 0 Å². The Morgan fingerprint density at radius 2 is 1.84 bits per heavy atom. The van der Waals surface area contributed by atoms with E-state index in [4.69, 9.17) is 4.98 Å². The van der Waals surface area contributed by atoms with Crippen molar-refractivity contribution in [1.29, 1.82) is 0 Å². The van der Waals surface area contributed by atoms with Crippen molar-refractivity contribution < 1.29 is 0 Å². The van der Waals surface area contributed by atoms with Crippen molar-refractivity contribution >= 4 is 5.95 Å². The van der Waals surface area contributed by atoms with Crippen LogP contribution in [0.3, 0.4) is 0 Å². The second-order valence-electron chi connectivity index (χ2n) is 5.79. The smallest absolute Gasteiger partial charge is 0.223 e. The van der Waals surface area contributed by atoms with Crippen LogP contribution in [-0.2, 0) is 12.8 Å². The second kappa shape index (κ2) is 5.87. The molecule has 0 radical (unpaired) electrons. The van der Waals surface area contributed by atoms with Crippen LogP contribution < -0.4 is 10.6 Å². The van der Waals surface area contributed by atoms with Gasteiger partial charge in [0, 0.05) is 17.4 Å². The van der Waals surface area contributed by atoms with Gasteiger partial charge in [0.1, 0.15) is 0 Å². The zero-order valence-corrected chi connectivity index (χ0v) is 11.8. The van der Waals surface area contributed by atoms with Gasteiger partial charge in [-0.05, 0) is 64.1 Å². The van der Waals surface area contributed by atoms with Crippen LogP contribution >= 0.6 is 0 Å². The number of anilines is 1. The number of hydrogen-bond donors (Lipinski definition) is 2. The summed E-state index contributed by atoms with van der Waals surface area (Å²) < 4.78 is 0. The Bertz CT molecular complexity index is 438. The molecule has 1 fully saturated rings. The highest BCUT2D eigenvalue weighted by molar-refractivity contribution is 5.36. The Kier molecular flexibility index (Phi) is 3.97. The lowest BCUT2D eigenvalue weighted by Gasteiger charge is -2.24. The van der Waals surface area contributed by atoms with E-state index in [1.807, 2.05) is 0 Å². The van der Waals surface area contributed by atoms with E-state index in [1.165, 1.54) is 49.1 Å². The van der Waals surface area contributed by atoms with E-state index in [1.54, 1.807) is 0 Å². The number of nitrogens with zero attached hydrogens (tertiary/aromatic N) is 2. The third-order valence-electron chi connectivity index (χ3n) is 4.31. The van der Waals surface area contributed by atoms with Crippen LogP contribution in [-0.4, -0.2) is 29.1 Å². The largest absolute Gasteiger partial charge is 0.351 e. The van der Waals surface area contributed by atoms with Crippen molar-refractivity contribution in [2.24, 2.45) is 0 Å². The topological polar surface area (TPSA) is 49.8 Å². The fourth-order valence-corrected chi connectivity index (χ4v) is 3.17. The summed E-state index contributed by atoms with van der Waals surface area (Å²) in [6, 6.07) is 0.532. The van der Waals surface area contributed by atoms with Crippen LogP contribution in [0.2, 0.25) is 0 Å². The molecular formula is C15H24N4. The van der Waals surface area contributed by atoms with Gasteiger partial charge in [-0.3, -0.25) is 0 Å². The fraction of sp³-hybridized carbons (Fsp3) is 0.733. The maximum atomic E-state index is 4.79. The van der Waals surface area contributed by atoms with Crippen molar-refractivity contribution in [1.82, 2.24) is 15.3 Å². The monoisotopic (exact) mass is 260 g/mol. The third kappa shape index (κ3) is 3.06. The van der Waals surface area contributed by atoms with E-state index in [9.17, 15) is 0 Å². The Labute approximate surface area is 115 Å². The summed E-state index contributed by atoms with van der Waals surface area (Å²) in [7, 11) is 0. The average molecular weight is 260 g/mol.